The van der Waals surface area contributed by atoms with Gasteiger partial charge >= 0.3 is 0 Å². The van der Waals surface area contributed by atoms with E-state index >= 15 is 0 Å². The van der Waals surface area contributed by atoms with E-state index in [1.165, 1.54) is 17.7 Å². The first-order valence-electron chi connectivity index (χ1n) is 6.53. The van der Waals surface area contributed by atoms with Crippen LogP contribution in [0.3, 0.4) is 0 Å². The van der Waals surface area contributed by atoms with Crippen molar-refractivity contribution in [1.82, 2.24) is 5.32 Å². The normalized spacial score (nSPS) is 12.4. The number of hydrogen-bond acceptors (Lipinski definition) is 1. The van der Waals surface area contributed by atoms with E-state index in [1.807, 2.05) is 24.3 Å². The van der Waals surface area contributed by atoms with E-state index in [0.29, 0.717) is 0 Å². The van der Waals surface area contributed by atoms with Gasteiger partial charge in [0.25, 0.3) is 0 Å². The Morgan fingerprint density at radius 3 is 2.40 bits per heavy atom. The Balaban J connectivity index is 2.24. The third kappa shape index (κ3) is 4.14. The predicted octanol–water partition coefficient (Wildman–Crippen LogP) is 5.24. The molecule has 0 aliphatic heterocycles. The monoisotopic (exact) mass is 399 g/mol. The van der Waals surface area contributed by atoms with E-state index in [-0.39, 0.29) is 11.9 Å². The summed E-state index contributed by atoms with van der Waals surface area (Å²) in [4.78, 5) is 0. The molecule has 2 aromatic carbocycles. The molecule has 1 atom stereocenters. The number of hydrogen-bond donors (Lipinski definition) is 1. The average molecular weight is 401 g/mol. The molecule has 0 aliphatic rings. The molecule has 0 aliphatic carbocycles. The molecule has 2 aromatic rings. The van der Waals surface area contributed by atoms with Crippen LogP contribution in [0, 0.1) is 5.82 Å². The Morgan fingerprint density at radius 2 is 1.80 bits per heavy atom. The molecule has 0 saturated carbocycles. The van der Waals surface area contributed by atoms with E-state index in [1.54, 1.807) is 0 Å². The molecular formula is C16H16Br2FN. The van der Waals surface area contributed by atoms with Crippen LogP contribution in [-0.4, -0.2) is 6.54 Å². The van der Waals surface area contributed by atoms with Crippen molar-refractivity contribution in [3.8, 4) is 0 Å². The first kappa shape index (κ1) is 15.7. The highest BCUT2D eigenvalue weighted by atomic mass is 79.9. The van der Waals surface area contributed by atoms with Crippen LogP contribution in [0.2, 0.25) is 0 Å². The minimum Gasteiger partial charge on any atom is -0.310 e. The molecule has 1 unspecified atom stereocenters. The van der Waals surface area contributed by atoms with Gasteiger partial charge in [0.05, 0.1) is 0 Å². The van der Waals surface area contributed by atoms with E-state index in [4.69, 9.17) is 0 Å². The van der Waals surface area contributed by atoms with Gasteiger partial charge in [0, 0.05) is 15.0 Å². The molecule has 0 saturated heterocycles. The molecule has 1 nitrogen and oxygen atoms in total. The van der Waals surface area contributed by atoms with E-state index in [0.717, 1.165) is 27.5 Å². The number of halogens is 3. The Bertz CT molecular complexity index is 569. The molecular weight excluding hydrogens is 385 g/mol. The third-order valence-electron chi connectivity index (χ3n) is 3.14. The number of benzene rings is 2. The quantitative estimate of drug-likeness (QED) is 0.723. The minimum atomic E-state index is -0.196. The maximum atomic E-state index is 13.0. The van der Waals surface area contributed by atoms with Gasteiger partial charge in [-0.3, -0.25) is 0 Å². The van der Waals surface area contributed by atoms with Crippen LogP contribution < -0.4 is 5.32 Å². The second-order valence-corrected chi connectivity index (χ2v) is 6.38. The lowest BCUT2D eigenvalue weighted by Gasteiger charge is -2.20. The van der Waals surface area contributed by atoms with Crippen molar-refractivity contribution in [2.75, 3.05) is 6.54 Å². The predicted molar refractivity (Wildman–Crippen MR) is 88.4 cm³/mol. The van der Waals surface area contributed by atoms with Crippen molar-refractivity contribution in [2.45, 2.75) is 19.4 Å². The lowest BCUT2D eigenvalue weighted by atomic mass is 9.99. The fourth-order valence-corrected chi connectivity index (χ4v) is 3.50. The second-order valence-electron chi connectivity index (χ2n) is 4.61. The molecule has 4 heteroatoms. The molecule has 0 fully saturated rings. The van der Waals surface area contributed by atoms with Crippen LogP contribution >= 0.6 is 31.9 Å². The zero-order valence-corrected chi connectivity index (χ0v) is 14.3. The first-order chi connectivity index (χ1) is 9.60. The fourth-order valence-electron chi connectivity index (χ4n) is 2.18. The molecule has 0 spiro atoms. The summed E-state index contributed by atoms with van der Waals surface area (Å²) in [5.74, 6) is -0.196. The van der Waals surface area contributed by atoms with Gasteiger partial charge in [-0.15, -0.1) is 0 Å². The van der Waals surface area contributed by atoms with Crippen LogP contribution in [-0.2, 0) is 6.42 Å². The van der Waals surface area contributed by atoms with Crippen LogP contribution in [0.25, 0.3) is 0 Å². The van der Waals surface area contributed by atoms with Crippen LogP contribution in [0.15, 0.2) is 51.4 Å². The van der Waals surface area contributed by atoms with E-state index in [2.05, 4.69) is 50.2 Å². The highest BCUT2D eigenvalue weighted by molar-refractivity contribution is 9.11. The summed E-state index contributed by atoms with van der Waals surface area (Å²) in [5.41, 5.74) is 2.33. The summed E-state index contributed by atoms with van der Waals surface area (Å²) >= 11 is 7.08. The largest absolute Gasteiger partial charge is 0.310 e. The summed E-state index contributed by atoms with van der Waals surface area (Å²) < 4.78 is 15.1. The molecule has 0 bridgehead atoms. The van der Waals surface area contributed by atoms with Gasteiger partial charge in [-0.2, -0.15) is 0 Å². The van der Waals surface area contributed by atoms with E-state index in [9.17, 15) is 4.39 Å². The van der Waals surface area contributed by atoms with Crippen molar-refractivity contribution in [3.63, 3.8) is 0 Å². The van der Waals surface area contributed by atoms with Crippen molar-refractivity contribution in [1.29, 1.82) is 0 Å². The lowest BCUT2D eigenvalue weighted by Crippen LogP contribution is -2.23. The summed E-state index contributed by atoms with van der Waals surface area (Å²) in [7, 11) is 0. The lowest BCUT2D eigenvalue weighted by molar-refractivity contribution is 0.547. The van der Waals surface area contributed by atoms with Gasteiger partial charge in [0.1, 0.15) is 5.82 Å². The Morgan fingerprint density at radius 1 is 1.10 bits per heavy atom. The first-order valence-corrected chi connectivity index (χ1v) is 8.11. The SMILES string of the molecule is CCNC(Cc1ccc(F)cc1)c1ccc(Br)cc1Br. The summed E-state index contributed by atoms with van der Waals surface area (Å²) in [6.45, 7) is 2.97. The molecule has 20 heavy (non-hydrogen) atoms. The molecule has 0 aromatic heterocycles. The summed E-state index contributed by atoms with van der Waals surface area (Å²) in [5, 5.41) is 3.48. The molecule has 0 amide bonds. The van der Waals surface area contributed by atoms with Crippen LogP contribution in [0.1, 0.15) is 24.1 Å². The maximum Gasteiger partial charge on any atom is 0.123 e. The maximum absolute atomic E-state index is 13.0. The van der Waals surface area contributed by atoms with Gasteiger partial charge in [-0.1, -0.05) is 57.0 Å². The molecule has 2 rings (SSSR count). The molecule has 106 valence electrons. The van der Waals surface area contributed by atoms with Crippen molar-refractivity contribution in [3.05, 3.63) is 68.4 Å². The van der Waals surface area contributed by atoms with Gasteiger partial charge in [0.2, 0.25) is 0 Å². The minimum absolute atomic E-state index is 0.196. The number of rotatable bonds is 5. The average Bonchev–Trinajstić information content (AvgIpc) is 2.41. The zero-order chi connectivity index (χ0) is 14.5. The zero-order valence-electron chi connectivity index (χ0n) is 11.2. The van der Waals surface area contributed by atoms with Crippen molar-refractivity contribution in [2.24, 2.45) is 0 Å². The van der Waals surface area contributed by atoms with Gasteiger partial charge in [-0.05, 0) is 48.4 Å². The molecule has 1 N–H and O–H groups in total. The van der Waals surface area contributed by atoms with Crippen molar-refractivity contribution >= 4 is 31.9 Å². The summed E-state index contributed by atoms with van der Waals surface area (Å²) in [6.07, 6.45) is 0.828. The smallest absolute Gasteiger partial charge is 0.123 e. The van der Waals surface area contributed by atoms with Gasteiger partial charge in [-0.25, -0.2) is 4.39 Å². The van der Waals surface area contributed by atoms with Crippen LogP contribution in [0.5, 0.6) is 0 Å². The highest BCUT2D eigenvalue weighted by Crippen LogP contribution is 2.29. The van der Waals surface area contributed by atoms with Crippen molar-refractivity contribution < 1.29 is 4.39 Å². The topological polar surface area (TPSA) is 12.0 Å². The van der Waals surface area contributed by atoms with E-state index < -0.39 is 0 Å². The Labute approximate surface area is 135 Å². The van der Waals surface area contributed by atoms with Gasteiger partial charge < -0.3 is 5.32 Å². The van der Waals surface area contributed by atoms with Gasteiger partial charge in [0.15, 0.2) is 0 Å². The third-order valence-corrected chi connectivity index (χ3v) is 4.32. The Kier molecular flexibility index (Phi) is 5.75. The Hall–Kier alpha value is -0.710. The molecule has 0 radical (unpaired) electrons. The number of nitrogens with one attached hydrogen (secondary N) is 1. The van der Waals surface area contributed by atoms with Crippen LogP contribution in [0.4, 0.5) is 4.39 Å². The molecule has 0 heterocycles. The fraction of sp³-hybridized carbons (Fsp3) is 0.250. The summed E-state index contributed by atoms with van der Waals surface area (Å²) in [6, 6.07) is 13.1. The number of likely N-dealkylation sites (N-methyl/N-ethyl adjacent to an activating group) is 1. The second kappa shape index (κ2) is 7.34. The standard InChI is InChI=1S/C16H16Br2FN/c1-2-20-16(9-11-3-6-13(19)7-4-11)14-8-5-12(17)10-15(14)18/h3-8,10,16,20H,2,9H2,1H3. The highest BCUT2D eigenvalue weighted by Gasteiger charge is 2.14.